The molecule has 1 aliphatic rings. The molecule has 1 aromatic heterocycles. The van der Waals surface area contributed by atoms with Crippen molar-refractivity contribution >= 4 is 16.8 Å². The number of carbonyl (C=O) groups is 1. The van der Waals surface area contributed by atoms with Crippen LogP contribution in [0.1, 0.15) is 23.7 Å². The monoisotopic (exact) mass is 288 g/mol. The molecular weight excluding hydrogens is 268 g/mol. The van der Waals surface area contributed by atoms with Crippen LogP contribution in [-0.2, 0) is 7.05 Å². The molecule has 1 saturated heterocycles. The van der Waals surface area contributed by atoms with Crippen LogP contribution in [0.2, 0.25) is 0 Å². The van der Waals surface area contributed by atoms with E-state index in [2.05, 4.69) is 0 Å². The van der Waals surface area contributed by atoms with Gasteiger partial charge in [-0.1, -0.05) is 18.2 Å². The molecule has 2 atom stereocenters. The average Bonchev–Trinajstić information content (AvgIpc) is 2.79. The van der Waals surface area contributed by atoms with E-state index < -0.39 is 11.7 Å². The first kappa shape index (κ1) is 14.1. The van der Waals surface area contributed by atoms with Gasteiger partial charge in [0.05, 0.1) is 17.3 Å². The van der Waals surface area contributed by atoms with Gasteiger partial charge in [-0.05, 0) is 19.4 Å². The van der Waals surface area contributed by atoms with E-state index in [0.717, 1.165) is 10.9 Å². The van der Waals surface area contributed by atoms with Crippen molar-refractivity contribution < 1.29 is 15.0 Å². The van der Waals surface area contributed by atoms with Crippen LogP contribution in [0.4, 0.5) is 0 Å². The molecule has 5 heteroatoms. The maximum absolute atomic E-state index is 12.7. The third-order valence-electron chi connectivity index (χ3n) is 4.41. The minimum absolute atomic E-state index is 0.0960. The molecule has 2 heterocycles. The summed E-state index contributed by atoms with van der Waals surface area (Å²) in [5.74, 6) is -0.0960. The first-order valence-electron chi connectivity index (χ1n) is 7.14. The maximum Gasteiger partial charge on any atom is 0.256 e. The number of rotatable bonds is 1. The van der Waals surface area contributed by atoms with Gasteiger partial charge in [-0.25, -0.2) is 0 Å². The number of β-amino-alcohol motifs (C(OH)–C–C–N with tert-alkyl or cyclic N) is 1. The summed E-state index contributed by atoms with van der Waals surface area (Å²) < 4.78 is 1.93. The standard InChI is InChI=1S/C16H20N2O3/c1-16(21)7-8-18(10-14(16)19)15(20)12-9-17(2)13-6-4-3-5-11(12)13/h3-6,9,14,19,21H,7-8,10H2,1-2H3/t14-,16-/m1/s1. The number of aromatic nitrogens is 1. The van der Waals surface area contributed by atoms with Gasteiger partial charge in [0.1, 0.15) is 0 Å². The highest BCUT2D eigenvalue weighted by Crippen LogP contribution is 2.26. The van der Waals surface area contributed by atoms with Gasteiger partial charge in [-0.2, -0.15) is 0 Å². The van der Waals surface area contributed by atoms with E-state index >= 15 is 0 Å². The third kappa shape index (κ3) is 2.32. The van der Waals surface area contributed by atoms with Crippen LogP contribution in [0, 0.1) is 0 Å². The van der Waals surface area contributed by atoms with Crippen LogP contribution >= 0.6 is 0 Å². The molecule has 1 aliphatic heterocycles. The van der Waals surface area contributed by atoms with Gasteiger partial charge < -0.3 is 19.7 Å². The lowest BCUT2D eigenvalue weighted by molar-refractivity contribution is -0.0999. The van der Waals surface area contributed by atoms with Crippen LogP contribution in [0.3, 0.4) is 0 Å². The second-order valence-electron chi connectivity index (χ2n) is 6.04. The number of hydrogen-bond acceptors (Lipinski definition) is 3. The molecule has 21 heavy (non-hydrogen) atoms. The van der Waals surface area contributed by atoms with Crippen LogP contribution < -0.4 is 0 Å². The van der Waals surface area contributed by atoms with Crippen molar-refractivity contribution in [3.8, 4) is 0 Å². The predicted molar refractivity (Wildman–Crippen MR) is 80.1 cm³/mol. The van der Waals surface area contributed by atoms with Crippen molar-refractivity contribution in [2.24, 2.45) is 7.05 Å². The summed E-state index contributed by atoms with van der Waals surface area (Å²) in [4.78, 5) is 14.3. The van der Waals surface area contributed by atoms with Crippen molar-refractivity contribution in [1.29, 1.82) is 0 Å². The second-order valence-corrected chi connectivity index (χ2v) is 6.04. The van der Waals surface area contributed by atoms with Gasteiger partial charge in [-0.15, -0.1) is 0 Å². The van der Waals surface area contributed by atoms with E-state index in [1.165, 1.54) is 0 Å². The first-order valence-corrected chi connectivity index (χ1v) is 7.14. The van der Waals surface area contributed by atoms with Crippen molar-refractivity contribution in [3.63, 3.8) is 0 Å². The number of hydrogen-bond donors (Lipinski definition) is 2. The zero-order valence-electron chi connectivity index (χ0n) is 12.3. The topological polar surface area (TPSA) is 65.7 Å². The molecule has 0 radical (unpaired) electrons. The number of fused-ring (bicyclic) bond motifs is 1. The Balaban J connectivity index is 1.92. The number of piperidine rings is 1. The Morgan fingerprint density at radius 1 is 1.38 bits per heavy atom. The minimum atomic E-state index is -1.12. The molecule has 1 amide bonds. The highest BCUT2D eigenvalue weighted by molar-refractivity contribution is 6.07. The number of aliphatic hydroxyl groups excluding tert-OH is 1. The lowest BCUT2D eigenvalue weighted by Crippen LogP contribution is -2.55. The number of nitrogens with zero attached hydrogens (tertiary/aromatic N) is 2. The van der Waals surface area contributed by atoms with Crippen LogP contribution in [0.5, 0.6) is 0 Å². The lowest BCUT2D eigenvalue weighted by atomic mass is 9.90. The molecule has 0 aliphatic carbocycles. The quantitative estimate of drug-likeness (QED) is 0.827. The normalized spacial score (nSPS) is 26.3. The summed E-state index contributed by atoms with van der Waals surface area (Å²) in [5, 5.41) is 20.9. The molecule has 1 aromatic carbocycles. The molecular formula is C16H20N2O3. The molecule has 1 fully saturated rings. The van der Waals surface area contributed by atoms with Crippen molar-refractivity contribution in [3.05, 3.63) is 36.0 Å². The van der Waals surface area contributed by atoms with Crippen molar-refractivity contribution in [1.82, 2.24) is 9.47 Å². The summed E-state index contributed by atoms with van der Waals surface area (Å²) in [6.07, 6.45) is 1.29. The number of likely N-dealkylation sites (tertiary alicyclic amines) is 1. The van der Waals surface area contributed by atoms with Crippen molar-refractivity contribution in [2.75, 3.05) is 13.1 Å². The number of aryl methyl sites for hydroxylation is 1. The molecule has 0 unspecified atom stereocenters. The first-order chi connectivity index (χ1) is 9.90. The van der Waals surface area contributed by atoms with E-state index in [9.17, 15) is 15.0 Å². The summed E-state index contributed by atoms with van der Waals surface area (Å²) in [6.45, 7) is 2.22. The highest BCUT2D eigenvalue weighted by Gasteiger charge is 2.38. The summed E-state index contributed by atoms with van der Waals surface area (Å²) >= 11 is 0. The van der Waals surface area contributed by atoms with Crippen LogP contribution in [-0.4, -0.2) is 50.4 Å². The van der Waals surface area contributed by atoms with Gasteiger partial charge >= 0.3 is 0 Å². The smallest absolute Gasteiger partial charge is 0.256 e. The molecule has 0 saturated carbocycles. The van der Waals surface area contributed by atoms with E-state index in [0.29, 0.717) is 18.5 Å². The Morgan fingerprint density at radius 2 is 2.10 bits per heavy atom. The Morgan fingerprint density at radius 3 is 2.81 bits per heavy atom. The Labute approximate surface area is 123 Å². The Bertz CT molecular complexity index is 690. The van der Waals surface area contributed by atoms with E-state index in [1.807, 2.05) is 42.1 Å². The SMILES string of the molecule is Cn1cc(C(=O)N2CC[C@@](C)(O)[C@H](O)C2)c2ccccc21. The fraction of sp³-hybridized carbons (Fsp3) is 0.438. The second kappa shape index (κ2) is 4.86. The van der Waals surface area contributed by atoms with Gasteiger partial charge in [0.15, 0.2) is 0 Å². The molecule has 0 bridgehead atoms. The van der Waals surface area contributed by atoms with Gasteiger partial charge in [0.2, 0.25) is 0 Å². The number of carbonyl (C=O) groups excluding carboxylic acids is 1. The van der Waals surface area contributed by atoms with Gasteiger partial charge in [0, 0.05) is 37.2 Å². The Kier molecular flexibility index (Phi) is 3.26. The third-order valence-corrected chi connectivity index (χ3v) is 4.41. The van der Waals surface area contributed by atoms with Crippen molar-refractivity contribution in [2.45, 2.75) is 25.0 Å². The fourth-order valence-electron chi connectivity index (χ4n) is 2.89. The number of para-hydroxylation sites is 1. The molecule has 2 N–H and O–H groups in total. The zero-order chi connectivity index (χ0) is 15.2. The summed E-state index contributed by atoms with van der Waals surface area (Å²) in [6, 6.07) is 7.76. The lowest BCUT2D eigenvalue weighted by Gasteiger charge is -2.39. The number of benzene rings is 1. The average molecular weight is 288 g/mol. The Hall–Kier alpha value is -1.85. The molecule has 2 aromatic rings. The zero-order valence-corrected chi connectivity index (χ0v) is 12.3. The van der Waals surface area contributed by atoms with Crippen LogP contribution in [0.15, 0.2) is 30.5 Å². The molecule has 5 nitrogen and oxygen atoms in total. The van der Waals surface area contributed by atoms with Crippen LogP contribution in [0.25, 0.3) is 10.9 Å². The van der Waals surface area contributed by atoms with Gasteiger partial charge in [-0.3, -0.25) is 4.79 Å². The summed E-state index contributed by atoms with van der Waals surface area (Å²) in [7, 11) is 1.91. The highest BCUT2D eigenvalue weighted by atomic mass is 16.3. The molecule has 0 spiro atoms. The summed E-state index contributed by atoms with van der Waals surface area (Å²) in [5.41, 5.74) is 0.530. The largest absolute Gasteiger partial charge is 0.388 e. The number of aliphatic hydroxyl groups is 2. The minimum Gasteiger partial charge on any atom is -0.388 e. The van der Waals surface area contributed by atoms with Gasteiger partial charge in [0.25, 0.3) is 5.91 Å². The molecule has 3 rings (SSSR count). The maximum atomic E-state index is 12.7. The fourth-order valence-corrected chi connectivity index (χ4v) is 2.89. The van der Waals surface area contributed by atoms with E-state index in [1.54, 1.807) is 11.8 Å². The predicted octanol–water partition coefficient (Wildman–Crippen LogP) is 1.14. The van der Waals surface area contributed by atoms with E-state index in [4.69, 9.17) is 0 Å². The number of amides is 1. The molecule has 112 valence electrons. The van der Waals surface area contributed by atoms with E-state index in [-0.39, 0.29) is 12.5 Å².